The van der Waals surface area contributed by atoms with Crippen molar-refractivity contribution >= 4 is 34.5 Å². The van der Waals surface area contributed by atoms with Gasteiger partial charge in [-0.1, -0.05) is 59.8 Å². The topological polar surface area (TPSA) is 42.7 Å². The van der Waals surface area contributed by atoms with Crippen molar-refractivity contribution in [1.29, 1.82) is 0 Å². The third-order valence-corrected chi connectivity index (χ3v) is 6.10. The number of nitrogens with one attached hydrogen (secondary N) is 1. The van der Waals surface area contributed by atoms with Gasteiger partial charge in [-0.05, 0) is 54.6 Å². The Morgan fingerprint density at radius 2 is 1.78 bits per heavy atom. The minimum Gasteiger partial charge on any atom is -0.257 e. The largest absolute Gasteiger partial charge is 0.399 e. The van der Waals surface area contributed by atoms with Crippen molar-refractivity contribution in [3.05, 3.63) is 101 Å². The van der Waals surface area contributed by atoms with Gasteiger partial charge in [0.15, 0.2) is 0 Å². The molecule has 0 spiro atoms. The number of hydrogen-bond donors (Lipinski definition) is 1. The molecule has 1 unspecified atom stereocenters. The molecule has 37 heavy (non-hydrogen) atoms. The Morgan fingerprint density at radius 1 is 1.05 bits per heavy atom. The van der Waals surface area contributed by atoms with Crippen LogP contribution in [0.5, 0.6) is 0 Å². The smallest absolute Gasteiger partial charge is 0.257 e. The van der Waals surface area contributed by atoms with Crippen molar-refractivity contribution in [2.24, 2.45) is 0 Å². The lowest BCUT2D eigenvalue weighted by Crippen LogP contribution is -2.31. The zero-order chi connectivity index (χ0) is 27.0. The number of allylic oxidation sites excluding steroid dienone is 1. The molecule has 1 aromatic heterocycles. The Kier molecular flexibility index (Phi) is 7.16. The normalized spacial score (nSPS) is 13.7. The summed E-state index contributed by atoms with van der Waals surface area (Å²) in [5.74, 6) is -3.74. The van der Waals surface area contributed by atoms with Crippen LogP contribution in [0.2, 0.25) is 5.02 Å². The first-order chi connectivity index (χ1) is 17.5. The summed E-state index contributed by atoms with van der Waals surface area (Å²) in [6.07, 6.45) is -3.42. The minimum absolute atomic E-state index is 0.00525. The molecule has 0 bridgehead atoms. The van der Waals surface area contributed by atoms with Gasteiger partial charge in [0, 0.05) is 11.1 Å². The van der Waals surface area contributed by atoms with Gasteiger partial charge in [0.25, 0.3) is 0 Å². The first-order valence-electron chi connectivity index (χ1n) is 10.8. The summed E-state index contributed by atoms with van der Waals surface area (Å²) in [5.41, 5.74) is -0.271. The number of benzene rings is 3. The molecule has 11 heteroatoms. The van der Waals surface area contributed by atoms with Crippen molar-refractivity contribution in [1.82, 2.24) is 20.3 Å². The van der Waals surface area contributed by atoms with Gasteiger partial charge in [0.05, 0.1) is 16.2 Å². The highest BCUT2D eigenvalue weighted by Gasteiger charge is 2.40. The molecule has 1 atom stereocenters. The number of nitrogens with zero attached hydrogens (tertiary/aromatic N) is 3. The summed E-state index contributed by atoms with van der Waals surface area (Å²) >= 11 is 6.27. The van der Waals surface area contributed by atoms with E-state index in [1.807, 2.05) is 0 Å². The van der Waals surface area contributed by atoms with Gasteiger partial charge in [-0.3, -0.25) is 5.32 Å². The molecule has 0 saturated heterocycles. The lowest BCUT2D eigenvalue weighted by Gasteiger charge is -2.20. The van der Waals surface area contributed by atoms with E-state index in [-0.39, 0.29) is 21.8 Å². The molecule has 0 fully saturated rings. The summed E-state index contributed by atoms with van der Waals surface area (Å²) in [7, 11) is 1.00. The van der Waals surface area contributed by atoms with Crippen LogP contribution in [0, 0.1) is 0 Å². The zero-order valence-electron chi connectivity index (χ0n) is 19.2. The molecule has 0 aliphatic heterocycles. The van der Waals surface area contributed by atoms with E-state index in [9.17, 15) is 22.0 Å². The molecule has 0 saturated carbocycles. The molecule has 0 amide bonds. The van der Waals surface area contributed by atoms with Crippen LogP contribution < -0.4 is 5.32 Å². The first kappa shape index (κ1) is 26.4. The number of fused-ring (bicyclic) bond motifs is 1. The summed E-state index contributed by atoms with van der Waals surface area (Å²) < 4.78 is 87.5. The van der Waals surface area contributed by atoms with E-state index in [1.54, 1.807) is 29.6 Å². The van der Waals surface area contributed by atoms with E-state index in [0.717, 1.165) is 43.5 Å². The Hall–Kier alpha value is -3.63. The summed E-state index contributed by atoms with van der Waals surface area (Å²) in [6, 6.07) is 9.80. The van der Waals surface area contributed by atoms with Crippen LogP contribution in [0.4, 0.5) is 26.3 Å². The molecule has 1 heterocycles. The molecule has 0 aliphatic carbocycles. The standard InChI is InChI=1S/C26H19ClF6N4/c1-3-15-8-9-17(12-19(15)26(32,33)34-2)21(28)14-18(25(29,30)31)16-10-11-20(27)24(13-16)37-23-7-5-4-6-22(23)35-36-37/h3-14,18,34H,1H2,2H3/b21-14-. The monoisotopic (exact) mass is 536 g/mol. The molecule has 192 valence electrons. The molecule has 0 aliphatic rings. The Labute approximate surface area is 212 Å². The quantitative estimate of drug-likeness (QED) is 0.195. The van der Waals surface area contributed by atoms with Gasteiger partial charge in [-0.2, -0.15) is 22.0 Å². The van der Waals surface area contributed by atoms with E-state index in [1.165, 1.54) is 10.7 Å². The molecule has 4 aromatic rings. The molecular formula is C26H19ClF6N4. The van der Waals surface area contributed by atoms with Crippen LogP contribution in [0.25, 0.3) is 28.6 Å². The van der Waals surface area contributed by atoms with Crippen LogP contribution >= 0.6 is 11.6 Å². The van der Waals surface area contributed by atoms with Crippen molar-refractivity contribution in [2.75, 3.05) is 7.05 Å². The van der Waals surface area contributed by atoms with Crippen LogP contribution in [0.1, 0.15) is 28.2 Å². The van der Waals surface area contributed by atoms with Gasteiger partial charge < -0.3 is 0 Å². The number of aromatic nitrogens is 3. The van der Waals surface area contributed by atoms with Gasteiger partial charge in [0.1, 0.15) is 17.3 Å². The van der Waals surface area contributed by atoms with E-state index in [2.05, 4.69) is 16.9 Å². The molecule has 3 aromatic carbocycles. The molecular weight excluding hydrogens is 518 g/mol. The predicted octanol–water partition coefficient (Wildman–Crippen LogP) is 7.64. The SMILES string of the molecule is C=Cc1ccc(/C(F)=C/C(c2ccc(Cl)c(-n3nnc4ccccc43)c2)C(F)(F)F)cc1C(F)(F)NC. The van der Waals surface area contributed by atoms with Crippen molar-refractivity contribution < 1.29 is 26.3 Å². The van der Waals surface area contributed by atoms with Crippen LogP contribution in [0.3, 0.4) is 0 Å². The van der Waals surface area contributed by atoms with Crippen LogP contribution in [-0.4, -0.2) is 28.2 Å². The highest BCUT2D eigenvalue weighted by Crippen LogP contribution is 2.40. The summed E-state index contributed by atoms with van der Waals surface area (Å²) in [5, 5.41) is 9.86. The first-order valence-corrected chi connectivity index (χ1v) is 11.2. The van der Waals surface area contributed by atoms with Crippen LogP contribution in [0.15, 0.2) is 73.3 Å². The maximum Gasteiger partial charge on any atom is 0.399 e. The summed E-state index contributed by atoms with van der Waals surface area (Å²) in [4.78, 5) is 0. The minimum atomic E-state index is -4.91. The summed E-state index contributed by atoms with van der Waals surface area (Å²) in [6.45, 7) is 3.45. The second kappa shape index (κ2) is 10.0. The number of hydrogen-bond acceptors (Lipinski definition) is 3. The third-order valence-electron chi connectivity index (χ3n) is 5.78. The van der Waals surface area contributed by atoms with Crippen molar-refractivity contribution in [2.45, 2.75) is 18.1 Å². The third kappa shape index (κ3) is 5.26. The molecule has 4 nitrogen and oxygen atoms in total. The number of para-hydroxylation sites is 1. The van der Waals surface area contributed by atoms with E-state index < -0.39 is 35.1 Å². The second-order valence-corrected chi connectivity index (χ2v) is 8.47. The Morgan fingerprint density at radius 3 is 2.46 bits per heavy atom. The average molecular weight is 537 g/mol. The number of rotatable bonds is 7. The fraction of sp³-hybridized carbons (Fsp3) is 0.154. The van der Waals surface area contributed by atoms with Gasteiger partial charge in [-0.25, -0.2) is 9.07 Å². The average Bonchev–Trinajstić information content (AvgIpc) is 3.30. The lowest BCUT2D eigenvalue weighted by atomic mass is 9.95. The van der Waals surface area contributed by atoms with E-state index in [0.29, 0.717) is 17.1 Å². The fourth-order valence-electron chi connectivity index (χ4n) is 3.84. The maximum absolute atomic E-state index is 15.2. The van der Waals surface area contributed by atoms with E-state index >= 15 is 4.39 Å². The molecule has 0 radical (unpaired) electrons. The zero-order valence-corrected chi connectivity index (χ0v) is 20.0. The fourth-order valence-corrected chi connectivity index (χ4v) is 4.04. The van der Waals surface area contributed by atoms with Gasteiger partial charge in [0.2, 0.25) is 0 Å². The predicted molar refractivity (Wildman–Crippen MR) is 131 cm³/mol. The van der Waals surface area contributed by atoms with Crippen molar-refractivity contribution in [3.8, 4) is 5.69 Å². The van der Waals surface area contributed by atoms with Crippen molar-refractivity contribution in [3.63, 3.8) is 0 Å². The Bertz CT molecular complexity index is 1490. The second-order valence-electron chi connectivity index (χ2n) is 8.07. The number of alkyl halides is 5. The maximum atomic E-state index is 15.2. The highest BCUT2D eigenvalue weighted by molar-refractivity contribution is 6.32. The van der Waals surface area contributed by atoms with E-state index in [4.69, 9.17) is 11.6 Å². The highest BCUT2D eigenvalue weighted by atomic mass is 35.5. The van der Waals surface area contributed by atoms with Crippen LogP contribution in [-0.2, 0) is 6.05 Å². The van der Waals surface area contributed by atoms with Gasteiger partial charge >= 0.3 is 12.2 Å². The lowest BCUT2D eigenvalue weighted by molar-refractivity contribution is -0.139. The van der Waals surface area contributed by atoms with Gasteiger partial charge in [-0.15, -0.1) is 5.10 Å². The number of halogens is 7. The Balaban J connectivity index is 1.81. The molecule has 4 rings (SSSR count). The molecule has 1 N–H and O–H groups in total.